The van der Waals surface area contributed by atoms with Gasteiger partial charge in [0.15, 0.2) is 9.84 Å². The Bertz CT molecular complexity index is 418. The van der Waals surface area contributed by atoms with Crippen LogP contribution in [0.4, 0.5) is 0 Å². The van der Waals surface area contributed by atoms with Gasteiger partial charge in [-0.05, 0) is 25.7 Å². The highest BCUT2D eigenvalue weighted by Gasteiger charge is 2.23. The number of sulfone groups is 1. The maximum atomic E-state index is 11.6. The summed E-state index contributed by atoms with van der Waals surface area (Å²) in [4.78, 5) is 22.2. The second-order valence-electron chi connectivity index (χ2n) is 5.14. The molecule has 2 atom stereocenters. The molecule has 0 rings (SSSR count). The molecule has 2 N–H and O–H groups in total. The van der Waals surface area contributed by atoms with Crippen LogP contribution in [0, 0.1) is 5.92 Å². The van der Waals surface area contributed by atoms with Crippen LogP contribution in [0.5, 0.6) is 0 Å². The Hall–Kier alpha value is -1.11. The van der Waals surface area contributed by atoms with Crippen molar-refractivity contribution in [2.45, 2.75) is 51.2 Å². The third-order valence-corrected chi connectivity index (χ3v) is 4.83. The predicted octanol–water partition coefficient (Wildman–Crippen LogP) is 1.21. The van der Waals surface area contributed by atoms with Gasteiger partial charge in [0.1, 0.15) is 5.25 Å². The lowest BCUT2D eigenvalue weighted by Gasteiger charge is -2.16. The van der Waals surface area contributed by atoms with Crippen LogP contribution in [0.1, 0.15) is 46.0 Å². The first-order valence-corrected chi connectivity index (χ1v) is 8.82. The molecule has 20 heavy (non-hydrogen) atoms. The third-order valence-electron chi connectivity index (χ3n) is 3.33. The number of hydrogen-bond acceptors (Lipinski definition) is 4. The van der Waals surface area contributed by atoms with Crippen molar-refractivity contribution in [1.82, 2.24) is 5.32 Å². The summed E-state index contributed by atoms with van der Waals surface area (Å²) >= 11 is 0. The van der Waals surface area contributed by atoms with Crippen LogP contribution < -0.4 is 5.32 Å². The molecule has 6 nitrogen and oxygen atoms in total. The molecule has 0 aliphatic rings. The number of carboxylic acids is 1. The molecular weight excluding hydrogens is 282 g/mol. The maximum absolute atomic E-state index is 11.6. The van der Waals surface area contributed by atoms with Gasteiger partial charge in [-0.1, -0.05) is 19.8 Å². The van der Waals surface area contributed by atoms with Crippen molar-refractivity contribution < 1.29 is 23.1 Å². The van der Waals surface area contributed by atoms with E-state index >= 15 is 0 Å². The summed E-state index contributed by atoms with van der Waals surface area (Å²) in [5, 5.41) is 10.2. The molecule has 0 aliphatic heterocycles. The standard InChI is InChI=1S/C13H25NO5S/c1-4-5-11(6-7-12(15)16)8-9-14-13(17)10(2)20(3,18)19/h10-11H,4-9H2,1-3H3,(H,14,17)(H,15,16). The molecular formula is C13H25NO5S. The molecule has 0 saturated carbocycles. The van der Waals surface area contributed by atoms with E-state index in [1.807, 2.05) is 6.92 Å². The fourth-order valence-corrected chi connectivity index (χ4v) is 2.38. The van der Waals surface area contributed by atoms with Gasteiger partial charge in [-0.15, -0.1) is 0 Å². The Labute approximate surface area is 120 Å². The average Bonchev–Trinajstić information content (AvgIpc) is 2.33. The van der Waals surface area contributed by atoms with E-state index in [0.29, 0.717) is 19.4 Å². The minimum Gasteiger partial charge on any atom is -0.481 e. The number of carbonyl (C=O) groups excluding carboxylic acids is 1. The smallest absolute Gasteiger partial charge is 0.303 e. The van der Waals surface area contributed by atoms with E-state index in [2.05, 4.69) is 5.32 Å². The monoisotopic (exact) mass is 307 g/mol. The molecule has 0 radical (unpaired) electrons. The Balaban J connectivity index is 4.16. The summed E-state index contributed by atoms with van der Waals surface area (Å²) < 4.78 is 22.4. The Kier molecular flexibility index (Phi) is 8.45. The molecule has 0 aromatic rings. The van der Waals surface area contributed by atoms with E-state index in [1.165, 1.54) is 6.92 Å². The molecule has 118 valence electrons. The Morgan fingerprint density at radius 3 is 2.25 bits per heavy atom. The van der Waals surface area contributed by atoms with Gasteiger partial charge in [-0.25, -0.2) is 8.42 Å². The number of hydrogen-bond donors (Lipinski definition) is 2. The first kappa shape index (κ1) is 18.9. The molecule has 0 aromatic heterocycles. The highest BCUT2D eigenvalue weighted by atomic mass is 32.2. The minimum atomic E-state index is -3.37. The third kappa shape index (κ3) is 8.14. The molecule has 7 heteroatoms. The number of aliphatic carboxylic acids is 1. The zero-order valence-electron chi connectivity index (χ0n) is 12.4. The van der Waals surface area contributed by atoms with Crippen molar-refractivity contribution in [3.8, 4) is 0 Å². The number of carboxylic acid groups (broad SMARTS) is 1. The van der Waals surface area contributed by atoms with Gasteiger partial charge in [0, 0.05) is 19.2 Å². The van der Waals surface area contributed by atoms with E-state index in [4.69, 9.17) is 5.11 Å². The lowest BCUT2D eigenvalue weighted by molar-refractivity contribution is -0.137. The zero-order valence-corrected chi connectivity index (χ0v) is 13.2. The normalized spacial score (nSPS) is 14.6. The maximum Gasteiger partial charge on any atom is 0.303 e. The van der Waals surface area contributed by atoms with Gasteiger partial charge in [0.2, 0.25) is 5.91 Å². The van der Waals surface area contributed by atoms with Gasteiger partial charge in [0.25, 0.3) is 0 Å². The van der Waals surface area contributed by atoms with E-state index in [1.54, 1.807) is 0 Å². The van der Waals surface area contributed by atoms with E-state index < -0.39 is 27.0 Å². The van der Waals surface area contributed by atoms with Crippen LogP contribution in [0.25, 0.3) is 0 Å². The fourth-order valence-electron chi connectivity index (χ4n) is 1.91. The second-order valence-corrected chi connectivity index (χ2v) is 7.50. The van der Waals surface area contributed by atoms with Crippen LogP contribution >= 0.6 is 0 Å². The van der Waals surface area contributed by atoms with E-state index in [-0.39, 0.29) is 12.3 Å². The molecule has 0 fully saturated rings. The summed E-state index contributed by atoms with van der Waals surface area (Å²) in [5.74, 6) is -1.08. The molecule has 0 aliphatic carbocycles. The Morgan fingerprint density at radius 2 is 1.80 bits per heavy atom. The summed E-state index contributed by atoms with van der Waals surface area (Å²) in [7, 11) is -3.37. The number of amides is 1. The second kappa shape index (κ2) is 8.94. The van der Waals surface area contributed by atoms with Crippen LogP contribution in [0.15, 0.2) is 0 Å². The van der Waals surface area contributed by atoms with Crippen molar-refractivity contribution in [2.24, 2.45) is 5.92 Å². The van der Waals surface area contributed by atoms with Crippen molar-refractivity contribution in [1.29, 1.82) is 0 Å². The first-order valence-electron chi connectivity index (χ1n) is 6.86. The number of rotatable bonds is 10. The molecule has 0 spiro atoms. The van der Waals surface area contributed by atoms with Gasteiger partial charge >= 0.3 is 5.97 Å². The van der Waals surface area contributed by atoms with Crippen molar-refractivity contribution in [2.75, 3.05) is 12.8 Å². The van der Waals surface area contributed by atoms with Gasteiger partial charge in [0.05, 0.1) is 0 Å². The van der Waals surface area contributed by atoms with Crippen molar-refractivity contribution >= 4 is 21.7 Å². The molecule has 1 amide bonds. The Morgan fingerprint density at radius 1 is 1.20 bits per heavy atom. The van der Waals surface area contributed by atoms with Gasteiger partial charge in [-0.2, -0.15) is 0 Å². The zero-order chi connectivity index (χ0) is 15.8. The van der Waals surface area contributed by atoms with Gasteiger partial charge in [-0.3, -0.25) is 9.59 Å². The first-order chi connectivity index (χ1) is 9.18. The van der Waals surface area contributed by atoms with Crippen LogP contribution in [-0.4, -0.2) is 43.5 Å². The SMILES string of the molecule is CCCC(CCNC(=O)C(C)S(C)(=O)=O)CCC(=O)O. The molecule has 2 unspecified atom stereocenters. The van der Waals surface area contributed by atoms with Crippen molar-refractivity contribution in [3.63, 3.8) is 0 Å². The molecule has 0 heterocycles. The van der Waals surface area contributed by atoms with E-state index in [0.717, 1.165) is 19.1 Å². The van der Waals surface area contributed by atoms with Crippen molar-refractivity contribution in [3.05, 3.63) is 0 Å². The lowest BCUT2D eigenvalue weighted by atomic mass is 9.94. The molecule has 0 aromatic carbocycles. The topological polar surface area (TPSA) is 101 Å². The number of carbonyl (C=O) groups is 2. The minimum absolute atomic E-state index is 0.123. The highest BCUT2D eigenvalue weighted by molar-refractivity contribution is 7.92. The number of nitrogens with one attached hydrogen (secondary N) is 1. The molecule has 0 saturated heterocycles. The lowest BCUT2D eigenvalue weighted by Crippen LogP contribution is -2.38. The van der Waals surface area contributed by atoms with Crippen LogP contribution in [-0.2, 0) is 19.4 Å². The van der Waals surface area contributed by atoms with Crippen LogP contribution in [0.3, 0.4) is 0 Å². The van der Waals surface area contributed by atoms with Gasteiger partial charge < -0.3 is 10.4 Å². The summed E-state index contributed by atoms with van der Waals surface area (Å²) in [5.41, 5.74) is 0. The predicted molar refractivity (Wildman–Crippen MR) is 77.2 cm³/mol. The highest BCUT2D eigenvalue weighted by Crippen LogP contribution is 2.17. The average molecular weight is 307 g/mol. The quantitative estimate of drug-likeness (QED) is 0.632. The summed E-state index contributed by atoms with van der Waals surface area (Å²) in [6, 6.07) is 0. The largest absolute Gasteiger partial charge is 0.481 e. The summed E-state index contributed by atoms with van der Waals surface area (Å²) in [6.45, 7) is 3.76. The van der Waals surface area contributed by atoms with E-state index in [9.17, 15) is 18.0 Å². The van der Waals surface area contributed by atoms with Crippen LogP contribution in [0.2, 0.25) is 0 Å². The fraction of sp³-hybridized carbons (Fsp3) is 0.846. The molecule has 0 bridgehead atoms. The summed E-state index contributed by atoms with van der Waals surface area (Å²) in [6.07, 6.45) is 4.27.